The van der Waals surface area contributed by atoms with Crippen LogP contribution in [0.15, 0.2) is 53.8 Å². The highest BCUT2D eigenvalue weighted by Gasteiger charge is 2.17. The second kappa shape index (κ2) is 9.13. The fourth-order valence-corrected chi connectivity index (χ4v) is 3.72. The highest BCUT2D eigenvalue weighted by atomic mass is 32.2. The minimum absolute atomic E-state index is 0.120. The largest absolute Gasteiger partial charge is 0.369 e. The summed E-state index contributed by atoms with van der Waals surface area (Å²) in [6.45, 7) is 4.71. The Labute approximate surface area is 184 Å². The smallest absolute Gasteiger partial charge is 0.227 e. The molecule has 0 aliphatic carbocycles. The highest BCUT2D eigenvalue weighted by Crippen LogP contribution is 2.28. The van der Waals surface area contributed by atoms with Crippen LogP contribution in [0.4, 0.5) is 5.82 Å². The van der Waals surface area contributed by atoms with E-state index in [1.165, 1.54) is 11.8 Å². The minimum Gasteiger partial charge on any atom is -0.369 e. The molecule has 0 aliphatic heterocycles. The number of H-pyrrole nitrogens is 1. The molecule has 4 N–H and O–H groups in total. The number of carbonyl (C=O) groups is 1. The van der Waals surface area contributed by atoms with E-state index < -0.39 is 5.91 Å². The van der Waals surface area contributed by atoms with E-state index in [9.17, 15) is 4.79 Å². The lowest BCUT2D eigenvalue weighted by Crippen LogP contribution is -2.13. The summed E-state index contributed by atoms with van der Waals surface area (Å²) >= 11 is 1.22. The number of aromatic nitrogens is 5. The molecule has 0 unspecified atom stereocenters. The molecule has 0 saturated heterocycles. The molecule has 0 radical (unpaired) electrons. The van der Waals surface area contributed by atoms with E-state index in [2.05, 4.69) is 68.6 Å². The van der Waals surface area contributed by atoms with Gasteiger partial charge in [0.15, 0.2) is 16.5 Å². The lowest BCUT2D eigenvalue weighted by molar-refractivity contribution is -0.115. The predicted molar refractivity (Wildman–Crippen MR) is 123 cm³/mol. The number of aromatic amines is 1. The number of nitrogens with one attached hydrogen (secondary N) is 2. The standard InChI is InChI=1S/C22H23N7OS/c1-13(2)18-19-20(29-28-18)21(27-22(26-19)31-12-17(23)30)25-11-14-6-8-15(9-7-14)16-5-3-4-10-24-16/h3-10,13H,11-12H2,1-2H3,(H2,23,30)(H,28,29)(H,25,26,27). The van der Waals surface area contributed by atoms with E-state index in [0.717, 1.165) is 28.0 Å². The summed E-state index contributed by atoms with van der Waals surface area (Å²) in [7, 11) is 0. The van der Waals surface area contributed by atoms with Crippen molar-refractivity contribution >= 4 is 34.5 Å². The van der Waals surface area contributed by atoms with E-state index in [0.29, 0.717) is 23.0 Å². The number of hydrogen-bond donors (Lipinski definition) is 3. The first kappa shape index (κ1) is 20.8. The summed E-state index contributed by atoms with van der Waals surface area (Å²) < 4.78 is 0. The monoisotopic (exact) mass is 433 g/mol. The second-order valence-corrected chi connectivity index (χ2v) is 8.31. The predicted octanol–water partition coefficient (Wildman–Crippen LogP) is 3.73. The summed E-state index contributed by atoms with van der Waals surface area (Å²) in [5.74, 6) is 0.553. The molecule has 31 heavy (non-hydrogen) atoms. The molecule has 4 rings (SSSR count). The van der Waals surface area contributed by atoms with E-state index >= 15 is 0 Å². The molecular weight excluding hydrogens is 410 g/mol. The van der Waals surface area contributed by atoms with Gasteiger partial charge in [-0.25, -0.2) is 9.97 Å². The first-order valence-corrected chi connectivity index (χ1v) is 10.9. The van der Waals surface area contributed by atoms with E-state index in [1.54, 1.807) is 6.20 Å². The van der Waals surface area contributed by atoms with Gasteiger partial charge in [0.25, 0.3) is 0 Å². The van der Waals surface area contributed by atoms with Crippen molar-refractivity contribution in [1.29, 1.82) is 0 Å². The van der Waals surface area contributed by atoms with Crippen LogP contribution in [0.5, 0.6) is 0 Å². The molecule has 0 aliphatic rings. The lowest BCUT2D eigenvalue weighted by Gasteiger charge is -2.09. The Morgan fingerprint density at radius 3 is 2.61 bits per heavy atom. The molecule has 1 amide bonds. The van der Waals surface area contributed by atoms with E-state index in [1.807, 2.05) is 18.2 Å². The number of benzene rings is 1. The summed E-state index contributed by atoms with van der Waals surface area (Å²) in [5.41, 5.74) is 10.7. The Morgan fingerprint density at radius 2 is 1.94 bits per heavy atom. The zero-order valence-corrected chi connectivity index (χ0v) is 18.1. The molecule has 4 aromatic rings. The molecule has 0 bridgehead atoms. The van der Waals surface area contributed by atoms with Crippen LogP contribution in [0.3, 0.4) is 0 Å². The number of amides is 1. The fraction of sp³-hybridized carbons (Fsp3) is 0.227. The first-order valence-electron chi connectivity index (χ1n) is 9.92. The zero-order chi connectivity index (χ0) is 21.8. The van der Waals surface area contributed by atoms with E-state index in [4.69, 9.17) is 5.73 Å². The molecular formula is C22H23N7OS. The quantitative estimate of drug-likeness (QED) is 0.286. The zero-order valence-electron chi connectivity index (χ0n) is 17.3. The van der Waals surface area contributed by atoms with Crippen molar-refractivity contribution in [2.75, 3.05) is 11.1 Å². The molecule has 3 heterocycles. The van der Waals surface area contributed by atoms with Gasteiger partial charge >= 0.3 is 0 Å². The molecule has 3 aromatic heterocycles. The van der Waals surface area contributed by atoms with Crippen LogP contribution < -0.4 is 11.1 Å². The van der Waals surface area contributed by atoms with Crippen molar-refractivity contribution in [3.8, 4) is 11.3 Å². The number of nitrogens with two attached hydrogens (primary N) is 1. The number of thioether (sulfide) groups is 1. The molecule has 8 nitrogen and oxygen atoms in total. The third-order valence-electron chi connectivity index (χ3n) is 4.70. The number of pyridine rings is 1. The van der Waals surface area contributed by atoms with Gasteiger partial charge < -0.3 is 11.1 Å². The third kappa shape index (κ3) is 4.83. The number of nitrogens with zero attached hydrogens (tertiary/aromatic N) is 4. The second-order valence-electron chi connectivity index (χ2n) is 7.36. The maximum absolute atomic E-state index is 11.2. The topological polar surface area (TPSA) is 122 Å². The van der Waals surface area contributed by atoms with Gasteiger partial charge in [0, 0.05) is 18.3 Å². The van der Waals surface area contributed by atoms with Crippen molar-refractivity contribution in [3.05, 3.63) is 59.9 Å². The molecule has 0 saturated carbocycles. The summed E-state index contributed by atoms with van der Waals surface area (Å²) in [4.78, 5) is 24.7. The summed E-state index contributed by atoms with van der Waals surface area (Å²) in [6, 6.07) is 14.1. The maximum Gasteiger partial charge on any atom is 0.227 e. The number of hydrogen-bond acceptors (Lipinski definition) is 7. The average Bonchev–Trinajstić information content (AvgIpc) is 3.21. The van der Waals surface area contributed by atoms with Crippen LogP contribution in [-0.2, 0) is 11.3 Å². The molecule has 1 aromatic carbocycles. The average molecular weight is 434 g/mol. The van der Waals surface area contributed by atoms with Crippen LogP contribution in [0.1, 0.15) is 31.0 Å². The van der Waals surface area contributed by atoms with Crippen molar-refractivity contribution in [3.63, 3.8) is 0 Å². The van der Waals surface area contributed by atoms with Crippen molar-refractivity contribution in [2.24, 2.45) is 5.73 Å². The molecule has 0 spiro atoms. The van der Waals surface area contributed by atoms with Gasteiger partial charge in [-0.15, -0.1) is 0 Å². The Hall–Kier alpha value is -3.46. The van der Waals surface area contributed by atoms with Crippen molar-refractivity contribution < 1.29 is 4.79 Å². The Morgan fingerprint density at radius 1 is 1.13 bits per heavy atom. The van der Waals surface area contributed by atoms with Gasteiger partial charge in [-0.05, 0) is 23.6 Å². The molecule has 0 fully saturated rings. The summed E-state index contributed by atoms with van der Waals surface area (Å²) in [6.07, 6.45) is 1.79. The normalized spacial score (nSPS) is 11.2. The summed E-state index contributed by atoms with van der Waals surface area (Å²) in [5, 5.41) is 11.3. The number of carbonyl (C=O) groups excluding carboxylic acids is 1. The van der Waals surface area contributed by atoms with Crippen LogP contribution >= 0.6 is 11.8 Å². The number of anilines is 1. The van der Waals surface area contributed by atoms with Crippen LogP contribution in [0.25, 0.3) is 22.3 Å². The van der Waals surface area contributed by atoms with Gasteiger partial charge in [-0.2, -0.15) is 5.10 Å². The number of fused-ring (bicyclic) bond motifs is 1. The van der Waals surface area contributed by atoms with Crippen LogP contribution in [0.2, 0.25) is 0 Å². The van der Waals surface area contributed by atoms with Gasteiger partial charge in [-0.3, -0.25) is 14.9 Å². The number of primary amides is 1. The van der Waals surface area contributed by atoms with Crippen LogP contribution in [-0.4, -0.2) is 36.8 Å². The fourth-order valence-electron chi connectivity index (χ4n) is 3.14. The third-order valence-corrected chi connectivity index (χ3v) is 5.57. The highest BCUT2D eigenvalue weighted by molar-refractivity contribution is 7.99. The van der Waals surface area contributed by atoms with Gasteiger partial charge in [-0.1, -0.05) is 55.9 Å². The first-order chi connectivity index (χ1) is 15.0. The van der Waals surface area contributed by atoms with Gasteiger partial charge in [0.05, 0.1) is 17.1 Å². The van der Waals surface area contributed by atoms with E-state index in [-0.39, 0.29) is 11.7 Å². The van der Waals surface area contributed by atoms with Crippen molar-refractivity contribution in [1.82, 2.24) is 25.1 Å². The Balaban J connectivity index is 1.57. The SMILES string of the molecule is CC(C)c1[nH]nc2c(NCc3ccc(-c4ccccn4)cc3)nc(SCC(N)=O)nc12. The molecule has 158 valence electrons. The molecule has 0 atom stereocenters. The Kier molecular flexibility index (Phi) is 6.13. The minimum atomic E-state index is -0.410. The maximum atomic E-state index is 11.2. The number of rotatable bonds is 8. The van der Waals surface area contributed by atoms with Gasteiger partial charge in [0.2, 0.25) is 5.91 Å². The Bertz CT molecular complexity index is 1190. The van der Waals surface area contributed by atoms with Gasteiger partial charge in [0.1, 0.15) is 5.52 Å². The van der Waals surface area contributed by atoms with Crippen LogP contribution in [0, 0.1) is 0 Å². The van der Waals surface area contributed by atoms with Crippen molar-refractivity contribution in [2.45, 2.75) is 31.5 Å². The molecule has 9 heteroatoms. The lowest BCUT2D eigenvalue weighted by atomic mass is 10.1.